The van der Waals surface area contributed by atoms with Crippen molar-refractivity contribution in [2.75, 3.05) is 20.7 Å². The van der Waals surface area contributed by atoms with Crippen LogP contribution < -0.4 is 10.5 Å². The Hall–Kier alpha value is -1.11. The Morgan fingerprint density at radius 1 is 1.58 bits per heavy atom. The van der Waals surface area contributed by atoms with E-state index >= 15 is 0 Å². The summed E-state index contributed by atoms with van der Waals surface area (Å²) in [6.07, 6.45) is 0.419. The normalized spacial score (nSPS) is 12.5. The number of aliphatic carboxylic acids is 1. The first-order valence-electron chi connectivity index (χ1n) is 5.93. The summed E-state index contributed by atoms with van der Waals surface area (Å²) in [7, 11) is 3.56. The number of benzene rings is 1. The average molecular weight is 331 g/mol. The van der Waals surface area contributed by atoms with Gasteiger partial charge in [-0.05, 0) is 31.7 Å². The Kier molecular flexibility index (Phi) is 6.27. The third kappa shape index (κ3) is 5.18. The summed E-state index contributed by atoms with van der Waals surface area (Å²) in [4.78, 5) is 12.7. The van der Waals surface area contributed by atoms with Crippen LogP contribution in [-0.4, -0.2) is 42.7 Å². The third-order valence-electron chi connectivity index (χ3n) is 2.82. The highest BCUT2D eigenvalue weighted by Crippen LogP contribution is 2.24. The molecule has 0 aliphatic heterocycles. The zero-order chi connectivity index (χ0) is 14.4. The molecule has 1 rings (SSSR count). The maximum absolute atomic E-state index is 10.6. The van der Waals surface area contributed by atoms with Gasteiger partial charge in [0.1, 0.15) is 11.8 Å². The molecule has 0 radical (unpaired) electrons. The Morgan fingerprint density at radius 2 is 2.26 bits per heavy atom. The van der Waals surface area contributed by atoms with E-state index in [4.69, 9.17) is 15.6 Å². The van der Waals surface area contributed by atoms with E-state index in [0.29, 0.717) is 19.5 Å². The summed E-state index contributed by atoms with van der Waals surface area (Å²) in [5.74, 6) is -0.147. The number of hydrogen-bond acceptors (Lipinski definition) is 4. The zero-order valence-corrected chi connectivity index (χ0v) is 12.7. The topological polar surface area (TPSA) is 75.8 Å². The van der Waals surface area contributed by atoms with Gasteiger partial charge >= 0.3 is 5.97 Å². The molecule has 1 unspecified atom stereocenters. The van der Waals surface area contributed by atoms with E-state index in [-0.39, 0.29) is 0 Å². The van der Waals surface area contributed by atoms with Gasteiger partial charge in [-0.3, -0.25) is 4.79 Å². The first-order valence-corrected chi connectivity index (χ1v) is 6.72. The van der Waals surface area contributed by atoms with Gasteiger partial charge in [-0.1, -0.05) is 15.9 Å². The highest BCUT2D eigenvalue weighted by atomic mass is 79.9. The summed E-state index contributed by atoms with van der Waals surface area (Å²) >= 11 is 3.42. The number of nitrogens with two attached hydrogens (primary N) is 1. The maximum atomic E-state index is 10.6. The minimum absolute atomic E-state index is 0.419. The molecule has 0 saturated heterocycles. The molecule has 0 amide bonds. The predicted octanol–water partition coefficient (Wildman–Crippen LogP) is 1.69. The molecule has 0 heterocycles. The van der Waals surface area contributed by atoms with Crippen LogP contribution in [0.15, 0.2) is 22.7 Å². The molecule has 0 aliphatic rings. The number of hydrogen-bond donors (Lipinski definition) is 2. The summed E-state index contributed by atoms with van der Waals surface area (Å²) in [5, 5.41) is 8.73. The molecule has 5 nitrogen and oxygen atoms in total. The van der Waals surface area contributed by atoms with Gasteiger partial charge in [0.2, 0.25) is 0 Å². The highest BCUT2D eigenvalue weighted by molar-refractivity contribution is 9.10. The lowest BCUT2D eigenvalue weighted by molar-refractivity contribution is -0.138. The average Bonchev–Trinajstić information content (AvgIpc) is 2.36. The van der Waals surface area contributed by atoms with Crippen LogP contribution in [0.2, 0.25) is 0 Å². The van der Waals surface area contributed by atoms with Gasteiger partial charge in [0.05, 0.1) is 7.11 Å². The van der Waals surface area contributed by atoms with Crippen molar-refractivity contribution >= 4 is 21.9 Å². The van der Waals surface area contributed by atoms with Crippen LogP contribution in [0.5, 0.6) is 5.75 Å². The second-order valence-corrected chi connectivity index (χ2v) is 5.34. The highest BCUT2D eigenvalue weighted by Gasteiger charge is 2.13. The smallest absolute Gasteiger partial charge is 0.320 e. The van der Waals surface area contributed by atoms with Crippen LogP contribution in [0.3, 0.4) is 0 Å². The van der Waals surface area contributed by atoms with Crippen molar-refractivity contribution < 1.29 is 14.6 Å². The lowest BCUT2D eigenvalue weighted by Crippen LogP contribution is -2.34. The van der Waals surface area contributed by atoms with Crippen molar-refractivity contribution in [1.82, 2.24) is 4.90 Å². The van der Waals surface area contributed by atoms with Crippen LogP contribution in [0.1, 0.15) is 12.0 Å². The van der Waals surface area contributed by atoms with Crippen molar-refractivity contribution in [1.29, 1.82) is 0 Å². The van der Waals surface area contributed by atoms with Gasteiger partial charge in [-0.2, -0.15) is 0 Å². The molecular weight excluding hydrogens is 312 g/mol. The summed E-state index contributed by atoms with van der Waals surface area (Å²) < 4.78 is 6.28. The number of carboxylic acid groups (broad SMARTS) is 1. The van der Waals surface area contributed by atoms with E-state index in [1.54, 1.807) is 7.11 Å². The van der Waals surface area contributed by atoms with Crippen LogP contribution in [0.25, 0.3) is 0 Å². The zero-order valence-electron chi connectivity index (χ0n) is 11.1. The van der Waals surface area contributed by atoms with Gasteiger partial charge in [0.25, 0.3) is 0 Å². The summed E-state index contributed by atoms with van der Waals surface area (Å²) in [6.45, 7) is 1.29. The predicted molar refractivity (Wildman–Crippen MR) is 77.3 cm³/mol. The van der Waals surface area contributed by atoms with Gasteiger partial charge in [0.15, 0.2) is 0 Å². The first kappa shape index (κ1) is 15.9. The fourth-order valence-electron chi connectivity index (χ4n) is 1.72. The lowest BCUT2D eigenvalue weighted by atomic mass is 10.1. The van der Waals surface area contributed by atoms with E-state index in [1.165, 1.54) is 0 Å². The van der Waals surface area contributed by atoms with Crippen LogP contribution in [-0.2, 0) is 11.3 Å². The maximum Gasteiger partial charge on any atom is 0.320 e. The van der Waals surface area contributed by atoms with Crippen LogP contribution in [0, 0.1) is 0 Å². The minimum atomic E-state index is -0.964. The second-order valence-electron chi connectivity index (χ2n) is 4.43. The van der Waals surface area contributed by atoms with Crippen LogP contribution >= 0.6 is 15.9 Å². The van der Waals surface area contributed by atoms with E-state index in [1.807, 2.05) is 30.1 Å². The minimum Gasteiger partial charge on any atom is -0.496 e. The molecule has 0 aromatic heterocycles. The molecule has 1 aromatic rings. The molecule has 0 spiro atoms. The standard InChI is InChI=1S/C13H19BrN2O3/c1-16(6-5-11(15)13(17)18)8-9-7-10(14)3-4-12(9)19-2/h3-4,7,11H,5-6,8,15H2,1-2H3,(H,17,18). The fourth-order valence-corrected chi connectivity index (χ4v) is 2.13. The number of ether oxygens (including phenoxy) is 1. The molecular formula is C13H19BrN2O3. The van der Waals surface area contributed by atoms with E-state index in [0.717, 1.165) is 15.8 Å². The SMILES string of the molecule is COc1ccc(Br)cc1CN(C)CCC(N)C(=O)O. The van der Waals surface area contributed by atoms with Gasteiger partial charge < -0.3 is 20.5 Å². The molecule has 3 N–H and O–H groups in total. The van der Waals surface area contributed by atoms with Gasteiger partial charge in [0, 0.05) is 23.1 Å². The fraction of sp³-hybridized carbons (Fsp3) is 0.462. The number of carbonyl (C=O) groups is 1. The Morgan fingerprint density at radius 3 is 2.84 bits per heavy atom. The molecule has 106 valence electrons. The number of rotatable bonds is 7. The van der Waals surface area contributed by atoms with Crippen molar-refractivity contribution in [2.24, 2.45) is 5.73 Å². The number of nitrogens with zero attached hydrogens (tertiary/aromatic N) is 1. The van der Waals surface area contributed by atoms with E-state index < -0.39 is 12.0 Å². The molecule has 1 aromatic carbocycles. The van der Waals surface area contributed by atoms with Crippen molar-refractivity contribution in [3.8, 4) is 5.75 Å². The molecule has 1 atom stereocenters. The Labute approximate surface area is 121 Å². The van der Waals surface area contributed by atoms with Gasteiger partial charge in [-0.25, -0.2) is 0 Å². The summed E-state index contributed by atoms with van der Waals surface area (Å²) in [5.41, 5.74) is 6.52. The number of methoxy groups -OCH3 is 1. The monoisotopic (exact) mass is 330 g/mol. The van der Waals surface area contributed by atoms with Crippen molar-refractivity contribution in [2.45, 2.75) is 19.0 Å². The lowest BCUT2D eigenvalue weighted by Gasteiger charge is -2.19. The Bertz CT molecular complexity index is 440. The number of halogens is 1. The molecule has 0 aliphatic carbocycles. The molecule has 19 heavy (non-hydrogen) atoms. The van der Waals surface area contributed by atoms with Crippen LogP contribution in [0.4, 0.5) is 0 Å². The van der Waals surface area contributed by atoms with E-state index in [2.05, 4.69) is 15.9 Å². The van der Waals surface area contributed by atoms with Crippen molar-refractivity contribution in [3.05, 3.63) is 28.2 Å². The molecule has 0 saturated carbocycles. The first-order chi connectivity index (χ1) is 8.93. The summed E-state index contributed by atoms with van der Waals surface area (Å²) in [6, 6.07) is 5.00. The quantitative estimate of drug-likeness (QED) is 0.795. The van der Waals surface area contributed by atoms with Crippen molar-refractivity contribution in [3.63, 3.8) is 0 Å². The molecule has 0 bridgehead atoms. The van der Waals surface area contributed by atoms with E-state index in [9.17, 15) is 4.79 Å². The Balaban J connectivity index is 2.59. The number of carboxylic acids is 1. The van der Waals surface area contributed by atoms with Gasteiger partial charge in [-0.15, -0.1) is 0 Å². The second kappa shape index (κ2) is 7.47. The third-order valence-corrected chi connectivity index (χ3v) is 3.31. The molecule has 0 fully saturated rings. The largest absolute Gasteiger partial charge is 0.496 e. The molecule has 6 heteroatoms.